The predicted molar refractivity (Wildman–Crippen MR) is 138 cm³/mol. The number of nitrogens with zero attached hydrogens (tertiary/aromatic N) is 4. The van der Waals surface area contributed by atoms with E-state index in [1.807, 2.05) is 29.8 Å². The summed E-state index contributed by atoms with van der Waals surface area (Å²) in [5.41, 5.74) is 1.21. The van der Waals surface area contributed by atoms with Crippen molar-refractivity contribution >= 4 is 11.6 Å². The summed E-state index contributed by atoms with van der Waals surface area (Å²) in [5, 5.41) is 11.9. The molecule has 1 unspecified atom stereocenters. The SMILES string of the molecule is CC[C@H]1CC1(c1cccc(N2Cc3c(cc(CNC4(C)CCC4)cc3C(F)(F)F)C2=O)c1)c1nncn1C. The van der Waals surface area contributed by atoms with Crippen molar-refractivity contribution in [1.82, 2.24) is 20.1 Å². The maximum absolute atomic E-state index is 14.2. The van der Waals surface area contributed by atoms with Crippen LogP contribution in [0.15, 0.2) is 42.7 Å². The van der Waals surface area contributed by atoms with Crippen LogP contribution in [0.1, 0.15) is 84.4 Å². The molecule has 38 heavy (non-hydrogen) atoms. The molecule has 200 valence electrons. The van der Waals surface area contributed by atoms with Gasteiger partial charge in [-0.3, -0.25) is 4.79 Å². The van der Waals surface area contributed by atoms with E-state index >= 15 is 0 Å². The van der Waals surface area contributed by atoms with Gasteiger partial charge in [-0.2, -0.15) is 13.2 Å². The highest BCUT2D eigenvalue weighted by Crippen LogP contribution is 2.60. The Kier molecular flexibility index (Phi) is 5.72. The Labute approximate surface area is 220 Å². The lowest BCUT2D eigenvalue weighted by Crippen LogP contribution is -2.47. The molecule has 2 aliphatic carbocycles. The Bertz CT molecular complexity index is 1410. The Morgan fingerprint density at radius 1 is 1.18 bits per heavy atom. The molecule has 6 rings (SSSR count). The Balaban J connectivity index is 1.34. The highest BCUT2D eigenvalue weighted by Gasteiger charge is 2.58. The number of aryl methyl sites for hydroxylation is 1. The van der Waals surface area contributed by atoms with Gasteiger partial charge in [0.15, 0.2) is 0 Å². The number of carbonyl (C=O) groups excluding carboxylic acids is 1. The third-order valence-corrected chi connectivity index (χ3v) is 8.96. The molecular formula is C29H32F3N5O. The minimum absolute atomic E-state index is 0.0485. The van der Waals surface area contributed by atoms with Crippen molar-refractivity contribution in [2.75, 3.05) is 4.90 Å². The third kappa shape index (κ3) is 3.94. The summed E-state index contributed by atoms with van der Waals surface area (Å²) < 4.78 is 44.4. The van der Waals surface area contributed by atoms with E-state index in [4.69, 9.17) is 0 Å². The molecule has 6 nitrogen and oxygen atoms in total. The van der Waals surface area contributed by atoms with Crippen molar-refractivity contribution < 1.29 is 18.0 Å². The minimum atomic E-state index is -4.55. The van der Waals surface area contributed by atoms with E-state index in [9.17, 15) is 18.0 Å². The second-order valence-electron chi connectivity index (χ2n) is 11.4. The number of benzene rings is 2. The molecular weight excluding hydrogens is 491 g/mol. The predicted octanol–water partition coefficient (Wildman–Crippen LogP) is 5.74. The molecule has 2 saturated carbocycles. The van der Waals surface area contributed by atoms with E-state index in [0.717, 1.165) is 43.5 Å². The van der Waals surface area contributed by atoms with Gasteiger partial charge >= 0.3 is 6.18 Å². The lowest BCUT2D eigenvalue weighted by Gasteiger charge is -2.39. The molecule has 1 N–H and O–H groups in total. The van der Waals surface area contributed by atoms with Crippen LogP contribution in [-0.2, 0) is 31.7 Å². The molecule has 1 aliphatic heterocycles. The summed E-state index contributed by atoms with van der Waals surface area (Å²) in [7, 11) is 1.92. The number of rotatable bonds is 7. The van der Waals surface area contributed by atoms with Gasteiger partial charge in [0.1, 0.15) is 12.2 Å². The fraction of sp³-hybridized carbons (Fsp3) is 0.483. The molecule has 2 aromatic carbocycles. The van der Waals surface area contributed by atoms with E-state index in [-0.39, 0.29) is 28.6 Å². The van der Waals surface area contributed by atoms with Crippen molar-refractivity contribution in [2.45, 2.75) is 76.2 Å². The van der Waals surface area contributed by atoms with Crippen molar-refractivity contribution in [3.8, 4) is 0 Å². The smallest absolute Gasteiger partial charge is 0.320 e. The van der Waals surface area contributed by atoms with Crippen LogP contribution in [0.2, 0.25) is 0 Å². The average molecular weight is 524 g/mol. The molecule has 2 heterocycles. The van der Waals surface area contributed by atoms with Crippen LogP contribution in [0, 0.1) is 5.92 Å². The van der Waals surface area contributed by atoms with Gasteiger partial charge in [-0.1, -0.05) is 25.5 Å². The molecule has 3 aliphatic rings. The fourth-order valence-electron chi connectivity index (χ4n) is 6.45. The molecule has 1 amide bonds. The molecule has 0 saturated heterocycles. The van der Waals surface area contributed by atoms with Crippen LogP contribution >= 0.6 is 0 Å². The summed E-state index contributed by atoms with van der Waals surface area (Å²) in [4.78, 5) is 15.1. The number of aromatic nitrogens is 3. The first-order valence-corrected chi connectivity index (χ1v) is 13.3. The third-order valence-electron chi connectivity index (χ3n) is 8.96. The standard InChI is InChI=1S/C29H32F3N5O/c1-4-19-14-28(19,26-35-34-17-36(26)3)20-7-5-8-21(13-20)37-16-23-22(25(37)38)11-18(12-24(23)29(30,31)32)15-33-27(2)9-6-10-27/h5,7-8,11-13,17,19,33H,4,6,9-10,14-16H2,1-3H3/t19-,28?/m0/s1. The number of fused-ring (bicyclic) bond motifs is 1. The molecule has 0 spiro atoms. The van der Waals surface area contributed by atoms with Crippen LogP contribution in [0.25, 0.3) is 0 Å². The van der Waals surface area contributed by atoms with E-state index in [0.29, 0.717) is 23.7 Å². The van der Waals surface area contributed by atoms with Gasteiger partial charge in [0.25, 0.3) is 5.91 Å². The monoisotopic (exact) mass is 523 g/mol. The molecule has 2 fully saturated rings. The van der Waals surface area contributed by atoms with Crippen LogP contribution in [-0.4, -0.2) is 26.2 Å². The van der Waals surface area contributed by atoms with Gasteiger partial charge in [-0.25, -0.2) is 0 Å². The van der Waals surface area contributed by atoms with E-state index in [2.05, 4.69) is 29.4 Å². The van der Waals surface area contributed by atoms with Crippen molar-refractivity contribution in [3.63, 3.8) is 0 Å². The van der Waals surface area contributed by atoms with Crippen LogP contribution in [0.5, 0.6) is 0 Å². The quantitative estimate of drug-likeness (QED) is 0.429. The zero-order valence-electron chi connectivity index (χ0n) is 21.9. The first-order chi connectivity index (χ1) is 18.1. The molecule has 2 atom stereocenters. The first kappa shape index (κ1) is 25.1. The summed E-state index contributed by atoms with van der Waals surface area (Å²) in [6, 6.07) is 10.5. The fourth-order valence-corrected chi connectivity index (χ4v) is 6.45. The lowest BCUT2D eigenvalue weighted by atomic mass is 9.78. The number of halogens is 3. The number of hydrogen-bond acceptors (Lipinski definition) is 4. The Morgan fingerprint density at radius 3 is 2.58 bits per heavy atom. The largest absolute Gasteiger partial charge is 0.416 e. The van der Waals surface area contributed by atoms with E-state index < -0.39 is 17.6 Å². The first-order valence-electron chi connectivity index (χ1n) is 13.3. The zero-order valence-corrected chi connectivity index (χ0v) is 21.9. The second-order valence-corrected chi connectivity index (χ2v) is 11.4. The van der Waals surface area contributed by atoms with E-state index in [1.165, 1.54) is 11.0 Å². The highest BCUT2D eigenvalue weighted by atomic mass is 19.4. The van der Waals surface area contributed by atoms with Crippen LogP contribution in [0.3, 0.4) is 0 Å². The number of amides is 1. The number of anilines is 1. The molecule has 0 radical (unpaired) electrons. The normalized spacial score (nSPS) is 23.9. The van der Waals surface area contributed by atoms with Gasteiger partial charge in [-0.05, 0) is 79.5 Å². The maximum Gasteiger partial charge on any atom is 0.416 e. The molecule has 1 aromatic heterocycles. The number of hydrogen-bond donors (Lipinski definition) is 1. The number of nitrogens with one attached hydrogen (secondary N) is 1. The number of alkyl halides is 3. The number of carbonyl (C=O) groups is 1. The Morgan fingerprint density at radius 2 is 1.97 bits per heavy atom. The summed E-state index contributed by atoms with van der Waals surface area (Å²) in [6.45, 7) is 4.43. The summed E-state index contributed by atoms with van der Waals surface area (Å²) in [5.74, 6) is 0.862. The lowest BCUT2D eigenvalue weighted by molar-refractivity contribution is -0.138. The van der Waals surface area contributed by atoms with Crippen molar-refractivity contribution in [1.29, 1.82) is 0 Å². The topological polar surface area (TPSA) is 63.1 Å². The van der Waals surface area contributed by atoms with Crippen molar-refractivity contribution in [3.05, 3.63) is 76.4 Å². The average Bonchev–Trinajstić information content (AvgIpc) is 3.31. The Hall–Kier alpha value is -3.20. The van der Waals surface area contributed by atoms with Crippen molar-refractivity contribution in [2.24, 2.45) is 13.0 Å². The summed E-state index contributed by atoms with van der Waals surface area (Å²) >= 11 is 0. The molecule has 9 heteroatoms. The minimum Gasteiger partial charge on any atom is -0.320 e. The maximum atomic E-state index is 14.2. The van der Waals surface area contributed by atoms with Crippen LogP contribution < -0.4 is 10.2 Å². The van der Waals surface area contributed by atoms with Crippen LogP contribution in [0.4, 0.5) is 18.9 Å². The van der Waals surface area contributed by atoms with Gasteiger partial charge in [0.05, 0.1) is 17.5 Å². The van der Waals surface area contributed by atoms with Gasteiger partial charge in [0, 0.05) is 30.4 Å². The summed E-state index contributed by atoms with van der Waals surface area (Å²) in [6.07, 6.45) is 2.14. The van der Waals surface area contributed by atoms with Gasteiger partial charge in [-0.15, -0.1) is 10.2 Å². The second kappa shape index (κ2) is 8.66. The zero-order chi connectivity index (χ0) is 26.9. The van der Waals surface area contributed by atoms with Gasteiger partial charge in [0.2, 0.25) is 0 Å². The molecule has 3 aromatic rings. The van der Waals surface area contributed by atoms with E-state index in [1.54, 1.807) is 18.5 Å². The highest BCUT2D eigenvalue weighted by molar-refractivity contribution is 6.10. The van der Waals surface area contributed by atoms with Gasteiger partial charge < -0.3 is 14.8 Å². The molecule has 0 bridgehead atoms.